The van der Waals surface area contributed by atoms with Crippen molar-refractivity contribution in [3.8, 4) is 0 Å². The van der Waals surface area contributed by atoms with Crippen LogP contribution in [0.25, 0.3) is 0 Å². The Morgan fingerprint density at radius 1 is 1.25 bits per heavy atom. The van der Waals surface area contributed by atoms with Crippen LogP contribution in [0, 0.1) is 0 Å². The number of amides is 2. The van der Waals surface area contributed by atoms with Crippen LogP contribution in [0.5, 0.6) is 0 Å². The Hall–Kier alpha value is -0.940. The second-order valence-electron chi connectivity index (χ2n) is 6.88. The van der Waals surface area contributed by atoms with Gasteiger partial charge in [0, 0.05) is 18.1 Å². The van der Waals surface area contributed by atoms with Crippen LogP contribution in [0.4, 0.5) is 0 Å². The fraction of sp³-hybridized carbons (Fsp3) is 0.867. The first kappa shape index (κ1) is 15.4. The molecule has 0 aromatic rings. The molecule has 1 saturated heterocycles. The predicted octanol–water partition coefficient (Wildman–Crippen LogP) is 0.986. The summed E-state index contributed by atoms with van der Waals surface area (Å²) in [4.78, 5) is 28.2. The molecule has 2 aliphatic rings. The average Bonchev–Trinajstić information content (AvgIpc) is 2.95. The van der Waals surface area contributed by atoms with E-state index in [1.165, 1.54) is 4.90 Å². The number of carbonyl (C=O) groups is 2. The van der Waals surface area contributed by atoms with Crippen molar-refractivity contribution in [2.75, 3.05) is 20.6 Å². The molecule has 0 spiro atoms. The molecule has 1 heterocycles. The third kappa shape index (κ3) is 3.04. The summed E-state index contributed by atoms with van der Waals surface area (Å²) in [5, 5.41) is 3.28. The second-order valence-corrected chi connectivity index (χ2v) is 6.88. The Balaban J connectivity index is 1.94. The molecule has 0 aromatic carbocycles. The summed E-state index contributed by atoms with van der Waals surface area (Å²) < 4.78 is 0. The lowest BCUT2D eigenvalue weighted by Crippen LogP contribution is -2.51. The summed E-state index contributed by atoms with van der Waals surface area (Å²) in [5.41, 5.74) is -0.0376. The van der Waals surface area contributed by atoms with Gasteiger partial charge < -0.3 is 10.2 Å². The third-order valence-electron chi connectivity index (χ3n) is 4.86. The molecule has 1 unspecified atom stereocenters. The fourth-order valence-corrected chi connectivity index (χ4v) is 2.89. The van der Waals surface area contributed by atoms with Gasteiger partial charge >= 0.3 is 0 Å². The molecule has 5 heteroatoms. The summed E-state index contributed by atoms with van der Waals surface area (Å²) in [6.07, 6.45) is 4.54. The molecule has 1 N–H and O–H groups in total. The monoisotopic (exact) mass is 281 g/mol. The number of likely N-dealkylation sites (N-methyl/N-ethyl adjacent to an activating group) is 1. The van der Waals surface area contributed by atoms with Crippen molar-refractivity contribution >= 4 is 11.8 Å². The maximum absolute atomic E-state index is 12.4. The van der Waals surface area contributed by atoms with Crippen LogP contribution < -0.4 is 5.32 Å². The molecule has 5 nitrogen and oxygen atoms in total. The average molecular weight is 281 g/mol. The van der Waals surface area contributed by atoms with Crippen LogP contribution in [-0.2, 0) is 9.59 Å². The number of hydrogen-bond acceptors (Lipinski definition) is 4. The van der Waals surface area contributed by atoms with Gasteiger partial charge in [-0.15, -0.1) is 0 Å². The lowest BCUT2D eigenvalue weighted by molar-refractivity contribution is -0.141. The van der Waals surface area contributed by atoms with E-state index < -0.39 is 0 Å². The lowest BCUT2D eigenvalue weighted by Gasteiger charge is -2.33. The lowest BCUT2D eigenvalue weighted by atomic mass is 10.0. The largest absolute Gasteiger partial charge is 0.304 e. The Bertz CT molecular complexity index is 387. The van der Waals surface area contributed by atoms with E-state index in [1.54, 1.807) is 0 Å². The van der Waals surface area contributed by atoms with Crippen LogP contribution >= 0.6 is 0 Å². The zero-order valence-corrected chi connectivity index (χ0v) is 13.1. The van der Waals surface area contributed by atoms with Crippen molar-refractivity contribution in [3.05, 3.63) is 0 Å². The Labute approximate surface area is 121 Å². The standard InChI is InChI=1S/C15H27N3O2/c1-15(2,17(3)4)10-16-12-9-13(19)18(14(12)20)11-7-5-6-8-11/h11-12,16H,5-10H2,1-4H3. The Kier molecular flexibility index (Phi) is 4.49. The van der Waals surface area contributed by atoms with Crippen LogP contribution in [0.1, 0.15) is 46.0 Å². The van der Waals surface area contributed by atoms with Crippen molar-refractivity contribution in [3.63, 3.8) is 0 Å². The zero-order valence-electron chi connectivity index (χ0n) is 13.1. The molecule has 0 bridgehead atoms. The van der Waals surface area contributed by atoms with E-state index >= 15 is 0 Å². The highest BCUT2D eigenvalue weighted by molar-refractivity contribution is 6.05. The molecule has 1 atom stereocenters. The Morgan fingerprint density at radius 3 is 2.40 bits per heavy atom. The molecule has 2 amide bonds. The van der Waals surface area contributed by atoms with Gasteiger partial charge in [0.25, 0.3) is 0 Å². The van der Waals surface area contributed by atoms with Crippen molar-refractivity contribution in [1.82, 2.24) is 15.1 Å². The van der Waals surface area contributed by atoms with E-state index in [1.807, 2.05) is 14.1 Å². The van der Waals surface area contributed by atoms with Gasteiger partial charge in [0.15, 0.2) is 0 Å². The maximum atomic E-state index is 12.4. The van der Waals surface area contributed by atoms with Gasteiger partial charge in [-0.2, -0.15) is 0 Å². The minimum absolute atomic E-state index is 0.00191. The first-order valence-corrected chi connectivity index (χ1v) is 7.59. The van der Waals surface area contributed by atoms with E-state index in [9.17, 15) is 9.59 Å². The molecule has 2 fully saturated rings. The third-order valence-corrected chi connectivity index (χ3v) is 4.86. The molecule has 2 rings (SSSR count). The number of carbonyl (C=O) groups excluding carboxylic acids is 2. The Morgan fingerprint density at radius 2 is 1.85 bits per heavy atom. The molecule has 1 aliphatic carbocycles. The van der Waals surface area contributed by atoms with Crippen molar-refractivity contribution in [1.29, 1.82) is 0 Å². The SMILES string of the molecule is CN(C)C(C)(C)CNC1CC(=O)N(C2CCCC2)C1=O. The second kappa shape index (κ2) is 5.82. The molecule has 20 heavy (non-hydrogen) atoms. The van der Waals surface area contributed by atoms with Crippen molar-refractivity contribution < 1.29 is 9.59 Å². The van der Waals surface area contributed by atoms with Gasteiger partial charge in [-0.3, -0.25) is 14.5 Å². The highest BCUT2D eigenvalue weighted by Crippen LogP contribution is 2.28. The molecular formula is C15H27N3O2. The van der Waals surface area contributed by atoms with Crippen molar-refractivity contribution in [2.24, 2.45) is 0 Å². The highest BCUT2D eigenvalue weighted by atomic mass is 16.2. The van der Waals surface area contributed by atoms with Crippen LogP contribution in [0.3, 0.4) is 0 Å². The molecule has 1 aliphatic heterocycles. The van der Waals surface area contributed by atoms with Crippen LogP contribution in [0.15, 0.2) is 0 Å². The normalized spacial score (nSPS) is 25.2. The zero-order chi connectivity index (χ0) is 14.9. The number of nitrogens with zero attached hydrogens (tertiary/aromatic N) is 2. The van der Waals surface area contributed by atoms with Gasteiger partial charge in [-0.1, -0.05) is 12.8 Å². The summed E-state index contributed by atoms with van der Waals surface area (Å²) in [6, 6.07) is -0.175. The minimum atomic E-state index is -0.331. The van der Waals surface area contributed by atoms with Crippen LogP contribution in [0.2, 0.25) is 0 Å². The summed E-state index contributed by atoms with van der Waals surface area (Å²) in [6.45, 7) is 4.94. The van der Waals surface area contributed by atoms with Gasteiger partial charge in [-0.25, -0.2) is 0 Å². The number of imide groups is 1. The van der Waals surface area contributed by atoms with Gasteiger partial charge in [0.05, 0.1) is 12.5 Å². The number of likely N-dealkylation sites (tertiary alicyclic amines) is 1. The quantitative estimate of drug-likeness (QED) is 0.764. The van der Waals surface area contributed by atoms with E-state index in [2.05, 4.69) is 24.1 Å². The summed E-state index contributed by atoms with van der Waals surface area (Å²) in [5.74, 6) is -0.0153. The van der Waals surface area contributed by atoms with Gasteiger partial charge in [0.2, 0.25) is 11.8 Å². The number of rotatable bonds is 5. The van der Waals surface area contributed by atoms with E-state index in [-0.39, 0.29) is 29.4 Å². The van der Waals surface area contributed by atoms with Crippen LogP contribution in [-0.4, -0.2) is 59.9 Å². The first-order valence-electron chi connectivity index (χ1n) is 7.59. The van der Waals surface area contributed by atoms with Crippen molar-refractivity contribution in [2.45, 2.75) is 63.6 Å². The maximum Gasteiger partial charge on any atom is 0.247 e. The summed E-state index contributed by atoms with van der Waals surface area (Å²) in [7, 11) is 4.04. The highest BCUT2D eigenvalue weighted by Gasteiger charge is 2.43. The number of nitrogens with one attached hydrogen (secondary N) is 1. The summed E-state index contributed by atoms with van der Waals surface area (Å²) >= 11 is 0. The number of hydrogen-bond donors (Lipinski definition) is 1. The minimum Gasteiger partial charge on any atom is -0.304 e. The van der Waals surface area contributed by atoms with E-state index in [0.29, 0.717) is 13.0 Å². The molecular weight excluding hydrogens is 254 g/mol. The molecule has 1 saturated carbocycles. The fourth-order valence-electron chi connectivity index (χ4n) is 2.89. The topological polar surface area (TPSA) is 52.7 Å². The van der Waals surface area contributed by atoms with E-state index in [4.69, 9.17) is 0 Å². The molecule has 114 valence electrons. The predicted molar refractivity (Wildman–Crippen MR) is 78.3 cm³/mol. The van der Waals surface area contributed by atoms with E-state index in [0.717, 1.165) is 25.7 Å². The first-order chi connectivity index (χ1) is 9.33. The van der Waals surface area contributed by atoms with Gasteiger partial charge in [-0.05, 0) is 40.8 Å². The molecule has 0 aromatic heterocycles. The smallest absolute Gasteiger partial charge is 0.247 e. The van der Waals surface area contributed by atoms with Gasteiger partial charge in [0.1, 0.15) is 0 Å². The molecule has 0 radical (unpaired) electrons.